The largest absolute Gasteiger partial charge is 0.345 e. The average Bonchev–Trinajstić information content (AvgIpc) is 2.86. The maximum Gasteiger partial charge on any atom is 0.236 e. The summed E-state index contributed by atoms with van der Waals surface area (Å²) >= 11 is 0. The Bertz CT molecular complexity index is 436. The van der Waals surface area contributed by atoms with Crippen LogP contribution in [0.5, 0.6) is 0 Å². The van der Waals surface area contributed by atoms with Crippen molar-refractivity contribution in [2.24, 2.45) is 0 Å². The molecule has 1 N–H and O–H groups in total. The molecular weight excluding hydrogens is 244 g/mol. The molecule has 1 amide bonds. The third-order valence-electron chi connectivity index (χ3n) is 3.35. The molecule has 1 aromatic rings. The van der Waals surface area contributed by atoms with E-state index in [2.05, 4.69) is 17.4 Å². The summed E-state index contributed by atoms with van der Waals surface area (Å²) in [5.74, 6) is -0.00454. The maximum atomic E-state index is 11.8. The lowest BCUT2D eigenvalue weighted by molar-refractivity contribution is -0.126. The van der Waals surface area contributed by atoms with E-state index in [-0.39, 0.29) is 5.91 Å². The molecule has 0 aromatic carbocycles. The number of piperazine rings is 1. The number of nitrogens with zero attached hydrogens (tertiary/aromatic N) is 3. The van der Waals surface area contributed by atoms with Crippen LogP contribution in [0.2, 0.25) is 0 Å². The third kappa shape index (κ3) is 3.90. The highest BCUT2D eigenvalue weighted by atomic mass is 16.2. The van der Waals surface area contributed by atoms with Crippen LogP contribution in [-0.2, 0) is 11.3 Å². The fourth-order valence-electron chi connectivity index (χ4n) is 2.11. The van der Waals surface area contributed by atoms with E-state index in [9.17, 15) is 9.59 Å². The van der Waals surface area contributed by atoms with Crippen LogP contribution in [0, 0.1) is 0 Å². The first-order valence-corrected chi connectivity index (χ1v) is 6.52. The van der Waals surface area contributed by atoms with Gasteiger partial charge in [0.1, 0.15) is 0 Å². The highest BCUT2D eigenvalue weighted by molar-refractivity contribution is 5.76. The normalized spacial score (nSPS) is 17.3. The quantitative estimate of drug-likeness (QED) is 0.759. The minimum absolute atomic E-state index is 0.00454. The summed E-state index contributed by atoms with van der Waals surface area (Å²) in [6.07, 6.45) is 2.99. The molecule has 2 rings (SSSR count). The van der Waals surface area contributed by atoms with E-state index in [1.54, 1.807) is 10.6 Å². The van der Waals surface area contributed by atoms with Gasteiger partial charge in [-0.2, -0.15) is 0 Å². The zero-order valence-corrected chi connectivity index (χ0v) is 11.2. The van der Waals surface area contributed by atoms with E-state index in [4.69, 9.17) is 0 Å². The highest BCUT2D eigenvalue weighted by Crippen LogP contribution is 2.01. The zero-order chi connectivity index (χ0) is 13.7. The molecular formula is C13H20N4O2. The van der Waals surface area contributed by atoms with Gasteiger partial charge < -0.3 is 9.47 Å². The van der Waals surface area contributed by atoms with E-state index in [0.717, 1.165) is 32.5 Å². The van der Waals surface area contributed by atoms with E-state index in [0.29, 0.717) is 18.7 Å². The molecule has 0 aliphatic carbocycles. The van der Waals surface area contributed by atoms with E-state index in [1.807, 2.05) is 17.3 Å². The molecule has 0 bridgehead atoms. The number of hydrogen-bond donors (Lipinski definition) is 1. The summed E-state index contributed by atoms with van der Waals surface area (Å²) in [6, 6.07) is 3.55. The molecule has 0 saturated carbocycles. The molecule has 0 spiro atoms. The number of carbonyl (C=O) groups is 2. The van der Waals surface area contributed by atoms with Crippen LogP contribution in [-0.4, -0.2) is 59.9 Å². The van der Waals surface area contributed by atoms with Gasteiger partial charge >= 0.3 is 0 Å². The van der Waals surface area contributed by atoms with Crippen LogP contribution in [0.25, 0.3) is 0 Å². The first-order chi connectivity index (χ1) is 9.19. The monoisotopic (exact) mass is 264 g/mol. The van der Waals surface area contributed by atoms with Gasteiger partial charge in [-0.25, -0.2) is 5.01 Å². The number of hydrazine groups is 1. The van der Waals surface area contributed by atoms with Gasteiger partial charge in [-0.1, -0.05) is 0 Å². The van der Waals surface area contributed by atoms with Crippen molar-refractivity contribution in [1.82, 2.24) is 19.9 Å². The third-order valence-corrected chi connectivity index (χ3v) is 3.35. The summed E-state index contributed by atoms with van der Waals surface area (Å²) in [5.41, 5.74) is 3.51. The Morgan fingerprint density at radius 1 is 1.37 bits per heavy atom. The van der Waals surface area contributed by atoms with E-state index in [1.165, 1.54) is 0 Å². The summed E-state index contributed by atoms with van der Waals surface area (Å²) in [4.78, 5) is 24.8. The van der Waals surface area contributed by atoms with Crippen molar-refractivity contribution >= 4 is 12.2 Å². The van der Waals surface area contributed by atoms with Gasteiger partial charge in [-0.3, -0.25) is 15.0 Å². The van der Waals surface area contributed by atoms with Gasteiger partial charge in [-0.15, -0.1) is 0 Å². The number of hydrogen-bond acceptors (Lipinski definition) is 4. The minimum Gasteiger partial charge on any atom is -0.345 e. The first kappa shape index (κ1) is 13.8. The van der Waals surface area contributed by atoms with Crippen molar-refractivity contribution in [3.8, 4) is 0 Å². The maximum absolute atomic E-state index is 11.8. The Hall–Kier alpha value is -1.66. The molecule has 0 radical (unpaired) electrons. The molecule has 6 heteroatoms. The molecule has 2 heterocycles. The lowest BCUT2D eigenvalue weighted by Gasteiger charge is -2.32. The summed E-state index contributed by atoms with van der Waals surface area (Å²) in [5, 5.41) is 1.96. The Kier molecular flexibility index (Phi) is 4.70. The molecule has 1 aliphatic rings. The number of aryl methyl sites for hydroxylation is 1. The van der Waals surface area contributed by atoms with E-state index >= 15 is 0 Å². The Morgan fingerprint density at radius 2 is 2.11 bits per heavy atom. The van der Waals surface area contributed by atoms with Crippen molar-refractivity contribution in [3.63, 3.8) is 0 Å². The molecule has 1 fully saturated rings. The van der Waals surface area contributed by atoms with Gasteiger partial charge in [-0.05, 0) is 19.2 Å². The first-order valence-electron chi connectivity index (χ1n) is 6.52. The fourth-order valence-corrected chi connectivity index (χ4v) is 2.11. The topological polar surface area (TPSA) is 57.6 Å². The predicted molar refractivity (Wildman–Crippen MR) is 71.6 cm³/mol. The summed E-state index contributed by atoms with van der Waals surface area (Å²) in [6.45, 7) is 4.16. The number of aromatic nitrogens is 1. The SMILES string of the molecule is CN1CCN(NC(=O)CCn2cccc2C=O)CC1. The lowest BCUT2D eigenvalue weighted by Crippen LogP contribution is -2.52. The van der Waals surface area contributed by atoms with E-state index < -0.39 is 0 Å². The second-order valence-electron chi connectivity index (χ2n) is 4.82. The van der Waals surface area contributed by atoms with Crippen molar-refractivity contribution in [2.45, 2.75) is 13.0 Å². The number of likely N-dealkylation sites (N-methyl/N-ethyl adjacent to an activating group) is 1. The summed E-state index contributed by atoms with van der Waals surface area (Å²) in [7, 11) is 2.08. The Balaban J connectivity index is 1.74. The summed E-state index contributed by atoms with van der Waals surface area (Å²) < 4.78 is 1.79. The van der Waals surface area contributed by atoms with Crippen LogP contribution in [0.1, 0.15) is 16.9 Å². The molecule has 1 saturated heterocycles. The van der Waals surface area contributed by atoms with Gasteiger partial charge in [0.2, 0.25) is 5.91 Å². The predicted octanol–water partition coefficient (Wildman–Crippen LogP) is -0.0307. The van der Waals surface area contributed by atoms with Gasteiger partial charge in [0.15, 0.2) is 6.29 Å². The molecule has 104 valence electrons. The van der Waals surface area contributed by atoms with Crippen LogP contribution in [0.4, 0.5) is 0 Å². The highest BCUT2D eigenvalue weighted by Gasteiger charge is 2.15. The molecule has 6 nitrogen and oxygen atoms in total. The van der Waals surface area contributed by atoms with Crippen LogP contribution >= 0.6 is 0 Å². The standard InChI is InChI=1S/C13H20N4O2/c1-15-7-9-17(10-8-15)14-13(19)4-6-16-5-2-3-12(16)11-18/h2-3,5,11H,4,6-10H2,1H3,(H,14,19). The number of nitrogens with one attached hydrogen (secondary N) is 1. The van der Waals surface area contributed by atoms with Gasteiger partial charge in [0.25, 0.3) is 0 Å². The molecule has 1 aliphatic heterocycles. The molecule has 0 atom stereocenters. The Labute approximate surface area is 112 Å². The van der Waals surface area contributed by atoms with Crippen molar-refractivity contribution in [1.29, 1.82) is 0 Å². The fraction of sp³-hybridized carbons (Fsp3) is 0.538. The van der Waals surface area contributed by atoms with Crippen molar-refractivity contribution in [2.75, 3.05) is 33.2 Å². The zero-order valence-electron chi connectivity index (χ0n) is 11.2. The molecule has 1 aromatic heterocycles. The second kappa shape index (κ2) is 6.49. The smallest absolute Gasteiger partial charge is 0.236 e. The second-order valence-corrected chi connectivity index (χ2v) is 4.82. The van der Waals surface area contributed by atoms with Crippen LogP contribution in [0.3, 0.4) is 0 Å². The van der Waals surface area contributed by atoms with Crippen LogP contribution in [0.15, 0.2) is 18.3 Å². The lowest BCUT2D eigenvalue weighted by atomic mass is 10.3. The average molecular weight is 264 g/mol. The number of rotatable bonds is 5. The van der Waals surface area contributed by atoms with Gasteiger partial charge in [0, 0.05) is 45.3 Å². The molecule has 0 unspecified atom stereocenters. The van der Waals surface area contributed by atoms with Gasteiger partial charge in [0.05, 0.1) is 5.69 Å². The van der Waals surface area contributed by atoms with Crippen molar-refractivity contribution < 1.29 is 9.59 Å². The number of aldehydes is 1. The number of carbonyl (C=O) groups excluding carboxylic acids is 2. The molecule has 19 heavy (non-hydrogen) atoms. The van der Waals surface area contributed by atoms with Crippen molar-refractivity contribution in [3.05, 3.63) is 24.0 Å². The Morgan fingerprint density at radius 3 is 2.79 bits per heavy atom. The van der Waals surface area contributed by atoms with Crippen LogP contribution < -0.4 is 5.43 Å². The number of amides is 1. The minimum atomic E-state index is -0.00454.